The number of nitrogens with zero attached hydrogens (tertiary/aromatic N) is 1. The van der Waals surface area contributed by atoms with Crippen molar-refractivity contribution in [1.82, 2.24) is 4.98 Å². The second-order valence-corrected chi connectivity index (χ2v) is 5.57. The van der Waals surface area contributed by atoms with Crippen molar-refractivity contribution in [1.29, 1.82) is 0 Å². The SMILES string of the molecule is CCOC(=O)Oc1c(C)ncc2c1CO[C@H]2c1ccc(Cl)cc1. The molecule has 0 radical (unpaired) electrons. The molecule has 0 aliphatic carbocycles. The molecule has 5 nitrogen and oxygen atoms in total. The third kappa shape index (κ3) is 3.16. The normalized spacial score (nSPS) is 16.0. The highest BCUT2D eigenvalue weighted by molar-refractivity contribution is 6.30. The van der Waals surface area contributed by atoms with Crippen LogP contribution in [-0.2, 0) is 16.1 Å². The number of hydrogen-bond donors (Lipinski definition) is 0. The molecule has 1 aromatic heterocycles. The smallest absolute Gasteiger partial charge is 0.434 e. The van der Waals surface area contributed by atoms with Crippen LogP contribution in [-0.4, -0.2) is 17.7 Å². The third-order valence-corrected chi connectivity index (χ3v) is 3.90. The van der Waals surface area contributed by atoms with E-state index in [4.69, 9.17) is 25.8 Å². The molecule has 2 heterocycles. The van der Waals surface area contributed by atoms with E-state index in [9.17, 15) is 4.79 Å². The minimum Gasteiger partial charge on any atom is -0.434 e. The van der Waals surface area contributed by atoms with E-state index in [1.54, 1.807) is 20.0 Å². The minimum atomic E-state index is -0.735. The number of carbonyl (C=O) groups is 1. The Bertz CT molecular complexity index is 730. The molecule has 0 bridgehead atoms. The van der Waals surface area contributed by atoms with Crippen LogP contribution in [0.1, 0.15) is 35.4 Å². The molecule has 0 unspecified atom stereocenters. The fourth-order valence-electron chi connectivity index (χ4n) is 2.56. The Hall–Kier alpha value is -2.11. The average Bonchev–Trinajstić information content (AvgIpc) is 2.95. The van der Waals surface area contributed by atoms with Gasteiger partial charge in [0.25, 0.3) is 0 Å². The van der Waals surface area contributed by atoms with E-state index in [1.165, 1.54) is 0 Å². The lowest BCUT2D eigenvalue weighted by Gasteiger charge is -2.13. The molecule has 3 rings (SSSR count). The van der Waals surface area contributed by atoms with Crippen molar-refractivity contribution in [3.05, 3.63) is 57.9 Å². The van der Waals surface area contributed by atoms with Gasteiger partial charge in [0.05, 0.1) is 18.9 Å². The lowest BCUT2D eigenvalue weighted by molar-refractivity contribution is 0.0903. The Kier molecular flexibility index (Phi) is 4.50. The van der Waals surface area contributed by atoms with Crippen molar-refractivity contribution < 1.29 is 19.0 Å². The maximum absolute atomic E-state index is 11.6. The number of hydrogen-bond acceptors (Lipinski definition) is 5. The molecule has 0 N–H and O–H groups in total. The summed E-state index contributed by atoms with van der Waals surface area (Å²) < 4.78 is 16.0. The molecule has 0 amide bonds. The number of aryl methyl sites for hydroxylation is 1. The molecular formula is C17H16ClNO4. The first-order chi connectivity index (χ1) is 11.1. The largest absolute Gasteiger partial charge is 0.513 e. The van der Waals surface area contributed by atoms with Crippen LogP contribution >= 0.6 is 11.6 Å². The molecule has 1 aromatic carbocycles. The Balaban J connectivity index is 1.94. The molecule has 23 heavy (non-hydrogen) atoms. The van der Waals surface area contributed by atoms with Crippen LogP contribution in [0.15, 0.2) is 30.5 Å². The third-order valence-electron chi connectivity index (χ3n) is 3.65. The van der Waals surface area contributed by atoms with Crippen LogP contribution in [0, 0.1) is 6.92 Å². The van der Waals surface area contributed by atoms with Crippen molar-refractivity contribution in [3.8, 4) is 5.75 Å². The fourth-order valence-corrected chi connectivity index (χ4v) is 2.69. The monoisotopic (exact) mass is 333 g/mol. The molecular weight excluding hydrogens is 318 g/mol. The van der Waals surface area contributed by atoms with Gasteiger partial charge in [-0.15, -0.1) is 0 Å². The summed E-state index contributed by atoms with van der Waals surface area (Å²) in [5.74, 6) is 0.414. The highest BCUT2D eigenvalue weighted by Crippen LogP contribution is 2.41. The van der Waals surface area contributed by atoms with Gasteiger partial charge < -0.3 is 14.2 Å². The lowest BCUT2D eigenvalue weighted by atomic mass is 10.0. The number of aromatic nitrogens is 1. The molecule has 0 saturated heterocycles. The summed E-state index contributed by atoms with van der Waals surface area (Å²) in [6, 6.07) is 7.45. The first kappa shape index (κ1) is 15.8. The number of rotatable bonds is 3. The Labute approximate surface area is 139 Å². The summed E-state index contributed by atoms with van der Waals surface area (Å²) in [5, 5.41) is 0.667. The zero-order valence-electron chi connectivity index (χ0n) is 12.8. The quantitative estimate of drug-likeness (QED) is 0.788. The summed E-state index contributed by atoms with van der Waals surface area (Å²) in [5.41, 5.74) is 3.31. The van der Waals surface area contributed by atoms with E-state index in [0.29, 0.717) is 23.1 Å². The van der Waals surface area contributed by atoms with E-state index in [1.807, 2.05) is 24.3 Å². The summed E-state index contributed by atoms with van der Waals surface area (Å²) in [6.07, 6.45) is 0.773. The van der Waals surface area contributed by atoms with E-state index >= 15 is 0 Å². The van der Waals surface area contributed by atoms with E-state index in [-0.39, 0.29) is 12.7 Å². The first-order valence-corrected chi connectivity index (χ1v) is 7.68. The maximum atomic E-state index is 11.6. The summed E-state index contributed by atoms with van der Waals surface area (Å²) in [4.78, 5) is 15.9. The lowest BCUT2D eigenvalue weighted by Crippen LogP contribution is -2.13. The molecule has 0 fully saturated rings. The van der Waals surface area contributed by atoms with Crippen LogP contribution < -0.4 is 4.74 Å². The van der Waals surface area contributed by atoms with Crippen molar-refractivity contribution in [3.63, 3.8) is 0 Å². The zero-order chi connectivity index (χ0) is 16.4. The summed E-state index contributed by atoms with van der Waals surface area (Å²) in [7, 11) is 0. The minimum absolute atomic E-state index is 0.250. The fraction of sp³-hybridized carbons (Fsp3) is 0.294. The molecule has 1 aliphatic heterocycles. The summed E-state index contributed by atoms with van der Waals surface area (Å²) >= 11 is 5.93. The summed E-state index contributed by atoms with van der Waals surface area (Å²) in [6.45, 7) is 4.11. The number of halogens is 1. The zero-order valence-corrected chi connectivity index (χ0v) is 13.6. The number of pyridine rings is 1. The van der Waals surface area contributed by atoms with Crippen molar-refractivity contribution >= 4 is 17.8 Å². The maximum Gasteiger partial charge on any atom is 0.513 e. The Morgan fingerprint density at radius 2 is 2.13 bits per heavy atom. The van der Waals surface area contributed by atoms with Gasteiger partial charge in [-0.1, -0.05) is 23.7 Å². The average molecular weight is 334 g/mol. The Morgan fingerprint density at radius 1 is 1.39 bits per heavy atom. The van der Waals surface area contributed by atoms with Gasteiger partial charge in [-0.25, -0.2) is 4.79 Å². The van der Waals surface area contributed by atoms with Crippen molar-refractivity contribution in [2.45, 2.75) is 26.6 Å². The van der Waals surface area contributed by atoms with Crippen LogP contribution in [0.25, 0.3) is 0 Å². The number of fused-ring (bicyclic) bond motifs is 1. The molecule has 1 atom stereocenters. The van der Waals surface area contributed by atoms with Crippen LogP contribution in [0.3, 0.4) is 0 Å². The predicted molar refractivity (Wildman–Crippen MR) is 84.7 cm³/mol. The van der Waals surface area contributed by atoms with Gasteiger partial charge >= 0.3 is 6.16 Å². The van der Waals surface area contributed by atoms with Crippen LogP contribution in [0.5, 0.6) is 5.75 Å². The van der Waals surface area contributed by atoms with Crippen molar-refractivity contribution in [2.75, 3.05) is 6.61 Å². The van der Waals surface area contributed by atoms with Gasteiger partial charge in [0, 0.05) is 22.3 Å². The van der Waals surface area contributed by atoms with Gasteiger partial charge in [0.1, 0.15) is 6.10 Å². The van der Waals surface area contributed by atoms with E-state index in [2.05, 4.69) is 4.98 Å². The number of benzene rings is 1. The predicted octanol–water partition coefficient (Wildman–Crippen LogP) is 4.20. The molecule has 120 valence electrons. The van der Waals surface area contributed by atoms with Crippen LogP contribution in [0.2, 0.25) is 5.02 Å². The number of ether oxygens (including phenoxy) is 3. The molecule has 0 spiro atoms. The molecule has 6 heteroatoms. The van der Waals surface area contributed by atoms with Crippen LogP contribution in [0.4, 0.5) is 4.79 Å². The highest BCUT2D eigenvalue weighted by atomic mass is 35.5. The molecule has 1 aliphatic rings. The van der Waals surface area contributed by atoms with Gasteiger partial charge in [0.15, 0.2) is 5.75 Å². The second-order valence-electron chi connectivity index (χ2n) is 5.13. The first-order valence-electron chi connectivity index (χ1n) is 7.30. The van der Waals surface area contributed by atoms with Gasteiger partial charge in [-0.3, -0.25) is 4.98 Å². The molecule has 0 saturated carbocycles. The van der Waals surface area contributed by atoms with Crippen molar-refractivity contribution in [2.24, 2.45) is 0 Å². The standard InChI is InChI=1S/C17H16ClNO4/c1-3-21-17(20)23-15-10(2)19-8-13-14(15)9-22-16(13)11-4-6-12(18)7-5-11/h4-8,16H,3,9H2,1-2H3/t16-/m0/s1. The Morgan fingerprint density at radius 3 is 2.83 bits per heavy atom. The second kappa shape index (κ2) is 6.56. The van der Waals surface area contributed by atoms with E-state index in [0.717, 1.165) is 16.7 Å². The number of carbonyl (C=O) groups excluding carboxylic acids is 1. The van der Waals surface area contributed by atoms with Gasteiger partial charge in [0.2, 0.25) is 0 Å². The van der Waals surface area contributed by atoms with Gasteiger partial charge in [-0.05, 0) is 31.5 Å². The molecule has 2 aromatic rings. The topological polar surface area (TPSA) is 57.7 Å². The highest BCUT2D eigenvalue weighted by Gasteiger charge is 2.30. The van der Waals surface area contributed by atoms with Gasteiger partial charge in [-0.2, -0.15) is 0 Å². The van der Waals surface area contributed by atoms with E-state index < -0.39 is 6.16 Å².